The molecule has 12 heteroatoms. The molecule has 0 bridgehead atoms. The summed E-state index contributed by atoms with van der Waals surface area (Å²) in [6.45, 7) is 3.37. The van der Waals surface area contributed by atoms with Crippen molar-refractivity contribution in [2.45, 2.75) is 36.5 Å². The lowest BCUT2D eigenvalue weighted by atomic mass is 10.1. The highest BCUT2D eigenvalue weighted by molar-refractivity contribution is 7.94. The zero-order valence-electron chi connectivity index (χ0n) is 22.4. The standard InChI is InChI=1S/C28H30N4O6S2/c1-4-15-39(34,35)26-24-18-22(21-9-12-29-13-10-21)11-14-32(24)25(27(26)40(36,37)16-5-2)28(33)31-30-19-20-7-6-8-23(17-20)38-3/h6-14,17-19H,4-5,15-16H2,1-3H3,(H,31,33)/b30-19+. The smallest absolute Gasteiger partial charge is 0.289 e. The van der Waals surface area contributed by atoms with Gasteiger partial charge in [0.1, 0.15) is 21.2 Å². The second-order valence-corrected chi connectivity index (χ2v) is 13.1. The van der Waals surface area contributed by atoms with Crippen LogP contribution in [-0.4, -0.2) is 57.0 Å². The fourth-order valence-corrected chi connectivity index (χ4v) is 8.38. The number of fused-ring (bicyclic) bond motifs is 1. The molecular formula is C28H30N4O6S2. The van der Waals surface area contributed by atoms with E-state index in [1.54, 1.807) is 74.8 Å². The summed E-state index contributed by atoms with van der Waals surface area (Å²) in [6, 6.07) is 13.7. The van der Waals surface area contributed by atoms with E-state index < -0.39 is 30.5 Å². The molecule has 0 spiro atoms. The highest BCUT2D eigenvalue weighted by Gasteiger charge is 2.37. The van der Waals surface area contributed by atoms with Crippen LogP contribution in [0.15, 0.2) is 82.0 Å². The normalized spacial score (nSPS) is 12.2. The molecule has 0 saturated heterocycles. The number of ether oxygens (including phenoxy) is 1. The van der Waals surface area contributed by atoms with Gasteiger partial charge in [-0.25, -0.2) is 22.3 Å². The number of nitrogens with one attached hydrogen (secondary N) is 1. The van der Waals surface area contributed by atoms with Crippen LogP contribution in [0, 0.1) is 0 Å². The second-order valence-electron chi connectivity index (χ2n) is 9.03. The maximum absolute atomic E-state index is 13.6. The number of hydrogen-bond donors (Lipinski definition) is 1. The van der Waals surface area contributed by atoms with Crippen molar-refractivity contribution >= 4 is 37.3 Å². The van der Waals surface area contributed by atoms with Gasteiger partial charge in [-0.3, -0.25) is 9.78 Å². The number of rotatable bonds is 11. The summed E-state index contributed by atoms with van der Waals surface area (Å²) >= 11 is 0. The minimum atomic E-state index is -4.18. The molecule has 1 N–H and O–H groups in total. The molecule has 0 fully saturated rings. The number of sulfone groups is 2. The Hall–Kier alpha value is -4.03. The van der Waals surface area contributed by atoms with Crippen LogP contribution >= 0.6 is 0 Å². The number of hydrazone groups is 1. The SMILES string of the molecule is CCCS(=O)(=O)c1c(S(=O)(=O)CCC)c2cc(-c3ccncc3)ccn2c1C(=O)N/N=C/c1cccc(OC)c1. The van der Waals surface area contributed by atoms with Gasteiger partial charge < -0.3 is 9.14 Å². The summed E-state index contributed by atoms with van der Waals surface area (Å²) in [5.41, 5.74) is 4.18. The van der Waals surface area contributed by atoms with Gasteiger partial charge in [0.2, 0.25) is 0 Å². The Labute approximate surface area is 233 Å². The number of pyridine rings is 2. The third-order valence-electron chi connectivity index (χ3n) is 6.12. The van der Waals surface area contributed by atoms with E-state index in [-0.39, 0.29) is 40.5 Å². The van der Waals surface area contributed by atoms with E-state index in [2.05, 4.69) is 15.5 Å². The van der Waals surface area contributed by atoms with Crippen molar-refractivity contribution in [1.82, 2.24) is 14.8 Å². The number of nitrogens with zero attached hydrogens (tertiary/aromatic N) is 3. The van der Waals surface area contributed by atoms with Crippen molar-refractivity contribution in [1.29, 1.82) is 0 Å². The highest BCUT2D eigenvalue weighted by atomic mass is 32.2. The molecule has 0 radical (unpaired) electrons. The van der Waals surface area contributed by atoms with E-state index in [1.807, 2.05) is 0 Å². The number of carbonyl (C=O) groups is 1. The van der Waals surface area contributed by atoms with Crippen LogP contribution in [0.25, 0.3) is 16.6 Å². The summed E-state index contributed by atoms with van der Waals surface area (Å²) < 4.78 is 60.9. The van der Waals surface area contributed by atoms with E-state index in [1.165, 1.54) is 23.9 Å². The molecule has 0 saturated carbocycles. The van der Waals surface area contributed by atoms with Crippen molar-refractivity contribution in [3.8, 4) is 16.9 Å². The molecule has 40 heavy (non-hydrogen) atoms. The number of hydrogen-bond acceptors (Lipinski definition) is 8. The van der Waals surface area contributed by atoms with Crippen molar-refractivity contribution in [3.05, 3.63) is 78.4 Å². The maximum atomic E-state index is 13.6. The number of aromatic nitrogens is 2. The summed E-state index contributed by atoms with van der Waals surface area (Å²) in [7, 11) is -6.75. The van der Waals surface area contributed by atoms with Gasteiger partial charge in [-0.2, -0.15) is 5.10 Å². The van der Waals surface area contributed by atoms with Gasteiger partial charge in [-0.1, -0.05) is 26.0 Å². The average Bonchev–Trinajstić information content (AvgIpc) is 3.30. The van der Waals surface area contributed by atoms with Crippen LogP contribution in [0.2, 0.25) is 0 Å². The van der Waals surface area contributed by atoms with E-state index in [4.69, 9.17) is 4.74 Å². The maximum Gasteiger partial charge on any atom is 0.289 e. The van der Waals surface area contributed by atoms with Gasteiger partial charge in [-0.15, -0.1) is 0 Å². The van der Waals surface area contributed by atoms with Gasteiger partial charge in [0, 0.05) is 18.6 Å². The molecule has 0 unspecified atom stereocenters. The predicted octanol–water partition coefficient (Wildman–Crippen LogP) is 4.14. The minimum Gasteiger partial charge on any atom is -0.497 e. The van der Waals surface area contributed by atoms with Crippen LogP contribution in [0.1, 0.15) is 42.7 Å². The molecule has 3 aromatic heterocycles. The third kappa shape index (κ3) is 5.92. The van der Waals surface area contributed by atoms with Crippen molar-refractivity contribution < 1.29 is 26.4 Å². The molecule has 3 heterocycles. The summed E-state index contributed by atoms with van der Waals surface area (Å²) in [5, 5.41) is 4.00. The number of benzene rings is 1. The third-order valence-corrected chi connectivity index (χ3v) is 10.2. The fraction of sp³-hybridized carbons (Fsp3) is 0.250. The number of amides is 1. The zero-order valence-corrected chi connectivity index (χ0v) is 24.0. The van der Waals surface area contributed by atoms with Crippen LogP contribution in [0.3, 0.4) is 0 Å². The van der Waals surface area contributed by atoms with Crippen molar-refractivity contribution in [2.75, 3.05) is 18.6 Å². The van der Waals surface area contributed by atoms with Crippen LogP contribution < -0.4 is 10.2 Å². The second kappa shape index (κ2) is 12.0. The largest absolute Gasteiger partial charge is 0.497 e. The van der Waals surface area contributed by atoms with Gasteiger partial charge >= 0.3 is 0 Å². The molecule has 210 valence electrons. The first-order chi connectivity index (χ1) is 19.1. The number of methoxy groups -OCH3 is 1. The monoisotopic (exact) mass is 582 g/mol. The fourth-order valence-electron chi connectivity index (χ4n) is 4.41. The predicted molar refractivity (Wildman–Crippen MR) is 153 cm³/mol. The molecule has 0 atom stereocenters. The molecule has 1 amide bonds. The van der Waals surface area contributed by atoms with Gasteiger partial charge in [0.25, 0.3) is 5.91 Å². The summed E-state index contributed by atoms with van der Waals surface area (Å²) in [4.78, 5) is 16.7. The van der Waals surface area contributed by atoms with Gasteiger partial charge in [-0.05, 0) is 65.9 Å². The summed E-state index contributed by atoms with van der Waals surface area (Å²) in [6.07, 6.45) is 6.59. The first-order valence-corrected chi connectivity index (χ1v) is 15.9. The molecule has 0 aliphatic carbocycles. The molecule has 4 aromatic rings. The minimum absolute atomic E-state index is 0.0966. The Kier molecular flexibility index (Phi) is 8.70. The van der Waals surface area contributed by atoms with E-state index in [9.17, 15) is 21.6 Å². The Morgan fingerprint density at radius 3 is 2.27 bits per heavy atom. The molecule has 1 aromatic carbocycles. The lowest BCUT2D eigenvalue weighted by Gasteiger charge is -2.08. The first kappa shape index (κ1) is 29.0. The lowest BCUT2D eigenvalue weighted by molar-refractivity contribution is 0.0945. The zero-order chi connectivity index (χ0) is 28.9. The summed E-state index contributed by atoms with van der Waals surface area (Å²) in [5.74, 6) is -0.881. The molecular weight excluding hydrogens is 552 g/mol. The average molecular weight is 583 g/mol. The van der Waals surface area contributed by atoms with E-state index >= 15 is 0 Å². The van der Waals surface area contributed by atoms with Crippen LogP contribution in [0.4, 0.5) is 0 Å². The molecule has 0 aliphatic heterocycles. The first-order valence-electron chi connectivity index (χ1n) is 12.6. The number of carbonyl (C=O) groups excluding carboxylic acids is 1. The molecule has 10 nitrogen and oxygen atoms in total. The van der Waals surface area contributed by atoms with Crippen LogP contribution in [0.5, 0.6) is 5.75 Å². The van der Waals surface area contributed by atoms with E-state index in [0.29, 0.717) is 16.9 Å². The molecule has 4 rings (SSSR count). The van der Waals surface area contributed by atoms with Crippen molar-refractivity contribution in [2.24, 2.45) is 5.10 Å². The molecule has 0 aliphatic rings. The van der Waals surface area contributed by atoms with Crippen molar-refractivity contribution in [3.63, 3.8) is 0 Å². The Morgan fingerprint density at radius 2 is 1.62 bits per heavy atom. The highest BCUT2D eigenvalue weighted by Crippen LogP contribution is 2.36. The quantitative estimate of drug-likeness (QED) is 0.207. The van der Waals surface area contributed by atoms with Crippen LogP contribution in [-0.2, 0) is 19.7 Å². The van der Waals surface area contributed by atoms with Gasteiger partial charge in [0.15, 0.2) is 19.7 Å². The Bertz CT molecular complexity index is 1780. The Morgan fingerprint density at radius 1 is 0.950 bits per heavy atom. The van der Waals surface area contributed by atoms with Gasteiger partial charge in [0.05, 0.1) is 30.3 Å². The van der Waals surface area contributed by atoms with E-state index in [0.717, 1.165) is 5.56 Å². The Balaban J connectivity index is 1.95. The lowest BCUT2D eigenvalue weighted by Crippen LogP contribution is -2.23. The topological polar surface area (TPSA) is 136 Å².